The Balaban J connectivity index is 2.04. The van der Waals surface area contributed by atoms with Crippen molar-refractivity contribution in [2.24, 2.45) is 17.3 Å². The summed E-state index contributed by atoms with van der Waals surface area (Å²) in [6, 6.07) is 0. The Bertz CT molecular complexity index is 620. The van der Waals surface area contributed by atoms with E-state index < -0.39 is 23.6 Å². The first kappa shape index (κ1) is 19.9. The molecule has 0 bridgehead atoms. The van der Waals surface area contributed by atoms with E-state index in [0.717, 1.165) is 25.7 Å². The van der Waals surface area contributed by atoms with Crippen LogP contribution in [0.15, 0.2) is 11.8 Å². The van der Waals surface area contributed by atoms with Crippen LogP contribution in [-0.4, -0.2) is 43.8 Å². The molecule has 150 valence electrons. The molecule has 0 amide bonds. The van der Waals surface area contributed by atoms with E-state index in [0.29, 0.717) is 6.61 Å². The zero-order chi connectivity index (χ0) is 19.4. The summed E-state index contributed by atoms with van der Waals surface area (Å²) in [6.07, 6.45) is 6.02. The van der Waals surface area contributed by atoms with Crippen molar-refractivity contribution in [3.63, 3.8) is 0 Å². The molecule has 1 saturated heterocycles. The lowest BCUT2D eigenvalue weighted by atomic mass is 9.61. The molecule has 0 N–H and O–H groups in total. The molecule has 27 heavy (non-hydrogen) atoms. The molecular formula is C20H28O7. The number of hydrogen-bond acceptors (Lipinski definition) is 7. The molecule has 1 saturated carbocycles. The van der Waals surface area contributed by atoms with Gasteiger partial charge in [0.1, 0.15) is 5.41 Å². The Hall–Kier alpha value is -1.89. The second-order valence-electron chi connectivity index (χ2n) is 7.50. The molecule has 2 heterocycles. The van der Waals surface area contributed by atoms with Crippen molar-refractivity contribution in [3.05, 3.63) is 11.8 Å². The van der Waals surface area contributed by atoms with Gasteiger partial charge in [-0.25, -0.2) is 4.79 Å². The van der Waals surface area contributed by atoms with E-state index in [1.807, 2.05) is 0 Å². The Labute approximate surface area is 159 Å². The van der Waals surface area contributed by atoms with Crippen LogP contribution in [0.2, 0.25) is 0 Å². The van der Waals surface area contributed by atoms with Crippen LogP contribution in [0.4, 0.5) is 0 Å². The van der Waals surface area contributed by atoms with Crippen LogP contribution in [-0.2, 0) is 33.3 Å². The molecule has 7 heteroatoms. The zero-order valence-electron chi connectivity index (χ0n) is 16.0. The number of carbonyl (C=O) groups excluding carboxylic acids is 3. The largest absolute Gasteiger partial charge is 0.460 e. The third-order valence-corrected chi connectivity index (χ3v) is 5.82. The minimum absolute atomic E-state index is 0.0164. The summed E-state index contributed by atoms with van der Waals surface area (Å²) in [6.45, 7) is 3.66. The number of allylic oxidation sites excluding steroid dienone is 1. The van der Waals surface area contributed by atoms with E-state index in [1.54, 1.807) is 13.0 Å². The van der Waals surface area contributed by atoms with Gasteiger partial charge in [-0.3, -0.25) is 9.59 Å². The number of Topliss-reactive ketones (excluding diaryl/α,β-unsaturated/α-hetero) is 1. The quantitative estimate of drug-likeness (QED) is 0.693. The Morgan fingerprint density at radius 1 is 1.26 bits per heavy atom. The van der Waals surface area contributed by atoms with Gasteiger partial charge in [0.05, 0.1) is 19.8 Å². The van der Waals surface area contributed by atoms with Crippen LogP contribution in [0, 0.1) is 17.3 Å². The summed E-state index contributed by atoms with van der Waals surface area (Å²) < 4.78 is 21.9. The maximum Gasteiger partial charge on any atom is 0.373 e. The first-order chi connectivity index (χ1) is 13.0. The van der Waals surface area contributed by atoms with Gasteiger partial charge in [0.15, 0.2) is 5.78 Å². The van der Waals surface area contributed by atoms with Crippen LogP contribution in [0.5, 0.6) is 0 Å². The highest BCUT2D eigenvalue weighted by molar-refractivity contribution is 5.90. The predicted octanol–water partition coefficient (Wildman–Crippen LogP) is 2.53. The van der Waals surface area contributed by atoms with Crippen molar-refractivity contribution in [2.75, 3.05) is 19.8 Å². The first-order valence-electron chi connectivity index (χ1n) is 9.83. The van der Waals surface area contributed by atoms with E-state index in [4.69, 9.17) is 18.9 Å². The van der Waals surface area contributed by atoms with E-state index in [2.05, 4.69) is 0 Å². The van der Waals surface area contributed by atoms with Crippen molar-refractivity contribution in [1.82, 2.24) is 0 Å². The highest BCUT2D eigenvalue weighted by atomic mass is 16.7. The van der Waals surface area contributed by atoms with Crippen molar-refractivity contribution >= 4 is 17.7 Å². The van der Waals surface area contributed by atoms with E-state index >= 15 is 0 Å². The van der Waals surface area contributed by atoms with Gasteiger partial charge in [-0.1, -0.05) is 19.3 Å². The molecule has 0 aromatic heterocycles. The fraction of sp³-hybridized carbons (Fsp3) is 0.750. The van der Waals surface area contributed by atoms with Crippen molar-refractivity contribution in [2.45, 2.75) is 58.7 Å². The molecule has 0 unspecified atom stereocenters. The van der Waals surface area contributed by atoms with Crippen LogP contribution < -0.4 is 0 Å². The monoisotopic (exact) mass is 380 g/mol. The molecule has 0 aromatic rings. The standard InChI is InChI=1S/C20H28O7/c1-3-25-18(23)16-11-15(14-7-5-4-6-8-14)20(12-24-10-9-17(20)22)19(27-16)26-13(2)21/h11,14-15,19H,3-10,12H2,1-2H3/t15-,19-,20+/m0/s1. The molecule has 1 aliphatic carbocycles. The molecule has 3 aliphatic rings. The fourth-order valence-corrected chi connectivity index (χ4v) is 4.58. The highest BCUT2D eigenvalue weighted by Gasteiger charge is 2.60. The van der Waals surface area contributed by atoms with E-state index in [-0.39, 0.29) is 43.0 Å². The van der Waals surface area contributed by atoms with Gasteiger partial charge < -0.3 is 18.9 Å². The molecule has 0 radical (unpaired) electrons. The van der Waals surface area contributed by atoms with Crippen LogP contribution >= 0.6 is 0 Å². The van der Waals surface area contributed by atoms with Gasteiger partial charge >= 0.3 is 11.9 Å². The predicted molar refractivity (Wildman–Crippen MR) is 94.3 cm³/mol. The minimum atomic E-state index is -1.18. The normalized spacial score (nSPS) is 31.8. The van der Waals surface area contributed by atoms with Gasteiger partial charge in [-0.05, 0) is 31.8 Å². The topological polar surface area (TPSA) is 88.1 Å². The van der Waals surface area contributed by atoms with Crippen molar-refractivity contribution in [1.29, 1.82) is 0 Å². The lowest BCUT2D eigenvalue weighted by Crippen LogP contribution is -2.59. The summed E-state index contributed by atoms with van der Waals surface area (Å²) in [5.74, 6) is -1.27. The van der Waals surface area contributed by atoms with Gasteiger partial charge in [0.2, 0.25) is 5.76 Å². The van der Waals surface area contributed by atoms with Gasteiger partial charge in [-0.2, -0.15) is 0 Å². The Morgan fingerprint density at radius 2 is 2.00 bits per heavy atom. The first-order valence-corrected chi connectivity index (χ1v) is 9.83. The molecular weight excluding hydrogens is 352 g/mol. The molecule has 3 rings (SSSR count). The lowest BCUT2D eigenvalue weighted by Gasteiger charge is -2.49. The van der Waals surface area contributed by atoms with E-state index in [9.17, 15) is 14.4 Å². The summed E-state index contributed by atoms with van der Waals surface area (Å²) in [5.41, 5.74) is -1.11. The summed E-state index contributed by atoms with van der Waals surface area (Å²) in [4.78, 5) is 37.2. The van der Waals surface area contributed by atoms with Crippen molar-refractivity contribution < 1.29 is 33.3 Å². The highest BCUT2D eigenvalue weighted by Crippen LogP contribution is 2.50. The average molecular weight is 380 g/mol. The van der Waals surface area contributed by atoms with E-state index in [1.165, 1.54) is 13.3 Å². The number of ketones is 1. The van der Waals surface area contributed by atoms with Gasteiger partial charge in [0.25, 0.3) is 6.29 Å². The van der Waals surface area contributed by atoms with Crippen LogP contribution in [0.3, 0.4) is 0 Å². The zero-order valence-corrected chi connectivity index (χ0v) is 16.0. The maximum atomic E-state index is 13.1. The van der Waals surface area contributed by atoms with Gasteiger partial charge in [-0.15, -0.1) is 0 Å². The summed E-state index contributed by atoms with van der Waals surface area (Å²) in [7, 11) is 0. The Morgan fingerprint density at radius 3 is 2.63 bits per heavy atom. The third-order valence-electron chi connectivity index (χ3n) is 5.82. The number of esters is 2. The third kappa shape index (κ3) is 3.88. The number of ether oxygens (including phenoxy) is 4. The molecule has 7 nitrogen and oxygen atoms in total. The maximum absolute atomic E-state index is 13.1. The number of carbonyl (C=O) groups is 3. The van der Waals surface area contributed by atoms with Crippen molar-refractivity contribution in [3.8, 4) is 0 Å². The molecule has 2 aliphatic heterocycles. The van der Waals surface area contributed by atoms with Crippen LogP contribution in [0.25, 0.3) is 0 Å². The minimum Gasteiger partial charge on any atom is -0.460 e. The second-order valence-corrected chi connectivity index (χ2v) is 7.50. The molecule has 0 aromatic carbocycles. The number of rotatable bonds is 4. The average Bonchev–Trinajstić information content (AvgIpc) is 2.66. The number of hydrogen-bond donors (Lipinski definition) is 0. The van der Waals surface area contributed by atoms with Gasteiger partial charge in [0, 0.05) is 19.3 Å². The molecule has 2 fully saturated rings. The SMILES string of the molecule is CCOC(=O)C1=C[C@@H](C2CCCCC2)[C@@]2(COCCC2=O)[C@@H](OC(C)=O)O1. The Kier molecular flexibility index (Phi) is 6.19. The summed E-state index contributed by atoms with van der Waals surface area (Å²) >= 11 is 0. The molecule has 3 atom stereocenters. The van der Waals surface area contributed by atoms with Crippen LogP contribution in [0.1, 0.15) is 52.4 Å². The summed E-state index contributed by atoms with van der Waals surface area (Å²) in [5, 5.41) is 0. The fourth-order valence-electron chi connectivity index (χ4n) is 4.58. The lowest BCUT2D eigenvalue weighted by molar-refractivity contribution is -0.233. The molecule has 1 spiro atoms. The smallest absolute Gasteiger partial charge is 0.373 e. The second kappa shape index (κ2) is 8.42.